The van der Waals surface area contributed by atoms with Gasteiger partial charge in [0.25, 0.3) is 5.91 Å². The maximum atomic E-state index is 13.7. The van der Waals surface area contributed by atoms with E-state index in [1.165, 1.54) is 27.4 Å². The van der Waals surface area contributed by atoms with Crippen molar-refractivity contribution in [3.63, 3.8) is 0 Å². The van der Waals surface area contributed by atoms with Crippen molar-refractivity contribution in [2.75, 3.05) is 26.2 Å². The molecule has 0 bridgehead atoms. The van der Waals surface area contributed by atoms with Crippen molar-refractivity contribution < 1.29 is 22.0 Å². The Morgan fingerprint density at radius 3 is 1.96 bits per heavy atom. The summed E-state index contributed by atoms with van der Waals surface area (Å²) in [5, 5.41) is 0. The molecule has 0 atom stereocenters. The zero-order chi connectivity index (χ0) is 18.0. The number of nitrogens with zero attached hydrogens (tertiary/aromatic N) is 2. The summed E-state index contributed by atoms with van der Waals surface area (Å²) in [7, 11) is -3.64. The van der Waals surface area contributed by atoms with Gasteiger partial charge in [-0.2, -0.15) is 4.31 Å². The standard InChI is InChI=1S/C17H16F2N2O3S/c18-14-7-4-8-15(19)16(14)17(22)20-9-11-21(12-10-20)25(23,24)13-5-2-1-3-6-13/h1-8H,9-12H2. The second-order valence-electron chi connectivity index (χ2n) is 5.61. The first-order chi connectivity index (χ1) is 11.9. The number of sulfonamides is 1. The van der Waals surface area contributed by atoms with Crippen LogP contribution in [0.2, 0.25) is 0 Å². The monoisotopic (exact) mass is 366 g/mol. The average molecular weight is 366 g/mol. The van der Waals surface area contributed by atoms with Crippen LogP contribution in [0.5, 0.6) is 0 Å². The molecule has 3 rings (SSSR count). The average Bonchev–Trinajstić information content (AvgIpc) is 2.62. The Morgan fingerprint density at radius 1 is 0.840 bits per heavy atom. The normalized spacial score (nSPS) is 16.0. The maximum Gasteiger partial charge on any atom is 0.259 e. The molecule has 25 heavy (non-hydrogen) atoms. The molecule has 0 saturated carbocycles. The first-order valence-corrected chi connectivity index (χ1v) is 9.14. The molecule has 0 aliphatic carbocycles. The van der Waals surface area contributed by atoms with E-state index in [2.05, 4.69) is 0 Å². The molecule has 1 fully saturated rings. The van der Waals surface area contributed by atoms with Crippen molar-refractivity contribution in [3.05, 3.63) is 65.7 Å². The first kappa shape index (κ1) is 17.5. The smallest absolute Gasteiger partial charge is 0.259 e. The molecule has 0 radical (unpaired) electrons. The topological polar surface area (TPSA) is 57.7 Å². The van der Waals surface area contributed by atoms with Gasteiger partial charge in [0.2, 0.25) is 10.0 Å². The summed E-state index contributed by atoms with van der Waals surface area (Å²) in [6.45, 7) is 0.273. The molecule has 0 N–H and O–H groups in total. The lowest BCUT2D eigenvalue weighted by molar-refractivity contribution is 0.0688. The van der Waals surface area contributed by atoms with E-state index < -0.39 is 33.1 Å². The highest BCUT2D eigenvalue weighted by Gasteiger charge is 2.31. The van der Waals surface area contributed by atoms with E-state index in [4.69, 9.17) is 0 Å². The van der Waals surface area contributed by atoms with E-state index in [1.807, 2.05) is 0 Å². The van der Waals surface area contributed by atoms with Gasteiger partial charge in [0.05, 0.1) is 4.90 Å². The van der Waals surface area contributed by atoms with Crippen molar-refractivity contribution >= 4 is 15.9 Å². The lowest BCUT2D eigenvalue weighted by atomic mass is 10.1. The minimum absolute atomic E-state index is 0.0681. The molecule has 1 heterocycles. The number of carbonyl (C=O) groups excluding carboxylic acids is 1. The van der Waals surface area contributed by atoms with Gasteiger partial charge in [0.1, 0.15) is 17.2 Å². The summed E-state index contributed by atoms with van der Waals surface area (Å²) >= 11 is 0. The molecule has 2 aromatic rings. The number of piperazine rings is 1. The Morgan fingerprint density at radius 2 is 1.40 bits per heavy atom. The highest BCUT2D eigenvalue weighted by Crippen LogP contribution is 2.20. The Bertz CT molecular complexity index is 860. The van der Waals surface area contributed by atoms with E-state index in [-0.39, 0.29) is 31.1 Å². The fourth-order valence-electron chi connectivity index (χ4n) is 2.73. The Kier molecular flexibility index (Phi) is 4.82. The molecule has 8 heteroatoms. The number of amides is 1. The van der Waals surface area contributed by atoms with Gasteiger partial charge in [0.15, 0.2) is 0 Å². The molecule has 0 unspecified atom stereocenters. The Labute approximate surface area is 144 Å². The van der Waals surface area contributed by atoms with Crippen LogP contribution in [0.4, 0.5) is 8.78 Å². The molecule has 0 spiro atoms. The van der Waals surface area contributed by atoms with Gasteiger partial charge in [0, 0.05) is 26.2 Å². The summed E-state index contributed by atoms with van der Waals surface area (Å²) in [6, 6.07) is 11.2. The van der Waals surface area contributed by atoms with Crippen LogP contribution in [-0.4, -0.2) is 49.7 Å². The van der Waals surface area contributed by atoms with E-state index in [1.54, 1.807) is 18.2 Å². The quantitative estimate of drug-likeness (QED) is 0.836. The van der Waals surface area contributed by atoms with Crippen LogP contribution in [-0.2, 0) is 10.0 Å². The van der Waals surface area contributed by atoms with E-state index >= 15 is 0 Å². The van der Waals surface area contributed by atoms with Crippen LogP contribution in [0.1, 0.15) is 10.4 Å². The third kappa shape index (κ3) is 3.40. The van der Waals surface area contributed by atoms with Gasteiger partial charge in [-0.15, -0.1) is 0 Å². The van der Waals surface area contributed by atoms with Gasteiger partial charge in [-0.25, -0.2) is 17.2 Å². The van der Waals surface area contributed by atoms with Crippen LogP contribution in [0.25, 0.3) is 0 Å². The maximum absolute atomic E-state index is 13.7. The SMILES string of the molecule is O=C(c1c(F)cccc1F)N1CCN(S(=O)(=O)c2ccccc2)CC1. The number of hydrogen-bond acceptors (Lipinski definition) is 3. The molecule has 1 saturated heterocycles. The van der Waals surface area contributed by atoms with E-state index in [0.29, 0.717) is 0 Å². The van der Waals surface area contributed by atoms with Crippen molar-refractivity contribution in [3.8, 4) is 0 Å². The summed E-state index contributed by atoms with van der Waals surface area (Å²) in [5.41, 5.74) is -0.609. The summed E-state index contributed by atoms with van der Waals surface area (Å²) in [5.74, 6) is -2.62. The van der Waals surface area contributed by atoms with Crippen molar-refractivity contribution in [2.24, 2.45) is 0 Å². The lowest BCUT2D eigenvalue weighted by Gasteiger charge is -2.34. The lowest BCUT2D eigenvalue weighted by Crippen LogP contribution is -2.50. The molecule has 2 aromatic carbocycles. The third-order valence-electron chi connectivity index (χ3n) is 4.08. The predicted molar refractivity (Wildman–Crippen MR) is 87.5 cm³/mol. The zero-order valence-electron chi connectivity index (χ0n) is 13.2. The molecule has 132 valence electrons. The predicted octanol–water partition coefficient (Wildman–Crippen LogP) is 2.11. The van der Waals surface area contributed by atoms with Crippen LogP contribution in [0, 0.1) is 11.6 Å². The number of hydrogen-bond donors (Lipinski definition) is 0. The van der Waals surface area contributed by atoms with Gasteiger partial charge < -0.3 is 4.90 Å². The van der Waals surface area contributed by atoms with E-state index in [0.717, 1.165) is 12.1 Å². The highest BCUT2D eigenvalue weighted by molar-refractivity contribution is 7.89. The van der Waals surface area contributed by atoms with Gasteiger partial charge in [-0.05, 0) is 24.3 Å². The van der Waals surface area contributed by atoms with Crippen molar-refractivity contribution in [1.82, 2.24) is 9.21 Å². The molecular weight excluding hydrogens is 350 g/mol. The van der Waals surface area contributed by atoms with Crippen molar-refractivity contribution in [1.29, 1.82) is 0 Å². The van der Waals surface area contributed by atoms with Crippen LogP contribution >= 0.6 is 0 Å². The summed E-state index contributed by atoms with van der Waals surface area (Å²) < 4.78 is 53.9. The first-order valence-electron chi connectivity index (χ1n) is 7.70. The zero-order valence-corrected chi connectivity index (χ0v) is 14.0. The number of halogens is 2. The Hall–Kier alpha value is -2.32. The number of benzene rings is 2. The van der Waals surface area contributed by atoms with Gasteiger partial charge in [-0.1, -0.05) is 24.3 Å². The fraction of sp³-hybridized carbons (Fsp3) is 0.235. The second kappa shape index (κ2) is 6.89. The van der Waals surface area contributed by atoms with Crippen molar-refractivity contribution in [2.45, 2.75) is 4.90 Å². The molecule has 1 aliphatic rings. The second-order valence-corrected chi connectivity index (χ2v) is 7.54. The van der Waals surface area contributed by atoms with Gasteiger partial charge in [-0.3, -0.25) is 4.79 Å². The van der Waals surface area contributed by atoms with E-state index in [9.17, 15) is 22.0 Å². The largest absolute Gasteiger partial charge is 0.336 e. The minimum Gasteiger partial charge on any atom is -0.336 e. The summed E-state index contributed by atoms with van der Waals surface area (Å²) in [4.78, 5) is 13.8. The molecule has 1 amide bonds. The Balaban J connectivity index is 1.73. The highest BCUT2D eigenvalue weighted by atomic mass is 32.2. The molecule has 0 aromatic heterocycles. The van der Waals surface area contributed by atoms with Crippen LogP contribution in [0.3, 0.4) is 0 Å². The molecule has 1 aliphatic heterocycles. The molecule has 5 nitrogen and oxygen atoms in total. The third-order valence-corrected chi connectivity index (χ3v) is 6.00. The van der Waals surface area contributed by atoms with Gasteiger partial charge >= 0.3 is 0 Å². The number of rotatable bonds is 3. The number of carbonyl (C=O) groups is 1. The minimum atomic E-state index is -3.64. The summed E-state index contributed by atoms with van der Waals surface area (Å²) in [6.07, 6.45) is 0. The van der Waals surface area contributed by atoms with Crippen LogP contribution < -0.4 is 0 Å². The van der Waals surface area contributed by atoms with Crippen LogP contribution in [0.15, 0.2) is 53.4 Å². The fourth-order valence-corrected chi connectivity index (χ4v) is 4.18. The molecular formula is C17H16F2N2O3S.